The molecule has 0 amide bonds. The molecule has 0 saturated carbocycles. The zero-order valence-corrected chi connectivity index (χ0v) is 10.7. The average Bonchev–Trinajstić information content (AvgIpc) is 2.20. The number of halogens is 16. The fourth-order valence-electron chi connectivity index (χ4n) is 1.29. The summed E-state index contributed by atoms with van der Waals surface area (Å²) < 4.78 is 196. The lowest BCUT2D eigenvalue weighted by Gasteiger charge is -2.36. The summed E-state index contributed by atoms with van der Waals surface area (Å²) in [5.41, 5.74) is -7.10. The summed E-state index contributed by atoms with van der Waals surface area (Å²) in [6.07, 6.45) is -34.4. The van der Waals surface area contributed by atoms with E-state index in [4.69, 9.17) is 0 Å². The van der Waals surface area contributed by atoms with E-state index in [2.05, 4.69) is 0 Å². The summed E-state index contributed by atoms with van der Waals surface area (Å²) in [5.74, 6) is -14.1. The molecule has 0 radical (unpaired) electrons. The van der Waals surface area contributed by atoms with E-state index in [1.54, 1.807) is 0 Å². The molecule has 0 unspecified atom stereocenters. The highest BCUT2D eigenvalue weighted by molar-refractivity contribution is 5.18. The van der Waals surface area contributed by atoms with Crippen LogP contribution in [-0.4, -0.2) is 36.6 Å². The molecule has 0 saturated heterocycles. The van der Waals surface area contributed by atoms with Crippen LogP contribution in [0.25, 0.3) is 0 Å². The first-order valence-corrected chi connectivity index (χ1v) is 5.18. The second kappa shape index (κ2) is 5.82. The van der Waals surface area contributed by atoms with E-state index < -0.39 is 54.1 Å². The van der Waals surface area contributed by atoms with Crippen LogP contribution in [0.1, 0.15) is 0 Å². The predicted octanol–water partition coefficient (Wildman–Crippen LogP) is 6.05. The van der Waals surface area contributed by atoms with Gasteiger partial charge in [-0.2, -0.15) is 70.2 Å². The van der Waals surface area contributed by atoms with Gasteiger partial charge >= 0.3 is 36.6 Å². The van der Waals surface area contributed by atoms with Crippen molar-refractivity contribution in [3.63, 3.8) is 0 Å². The Hall–Kier alpha value is -1.38. The van der Waals surface area contributed by atoms with Gasteiger partial charge in [-0.15, -0.1) is 0 Å². The van der Waals surface area contributed by atoms with Crippen LogP contribution in [0.2, 0.25) is 0 Å². The van der Waals surface area contributed by atoms with Crippen molar-refractivity contribution in [2.24, 2.45) is 5.41 Å². The molecule has 0 aromatic rings. The molecule has 0 fully saturated rings. The number of rotatable bonds is 3. The second-order valence-electron chi connectivity index (χ2n) is 4.33. The van der Waals surface area contributed by atoms with Crippen LogP contribution in [0, 0.1) is 5.41 Å². The van der Waals surface area contributed by atoms with Gasteiger partial charge in [0.2, 0.25) is 0 Å². The molecule has 0 aliphatic heterocycles. The summed E-state index contributed by atoms with van der Waals surface area (Å²) >= 11 is 0. The first-order valence-electron chi connectivity index (χ1n) is 5.18. The molecule has 0 aromatic heterocycles. The summed E-state index contributed by atoms with van der Waals surface area (Å²) in [5, 5.41) is 0. The third-order valence-corrected chi connectivity index (χ3v) is 2.66. The minimum Gasteiger partial charge on any atom is -0.195 e. The first kappa shape index (κ1) is 23.6. The van der Waals surface area contributed by atoms with Crippen LogP contribution >= 0.6 is 0 Å². The summed E-state index contributed by atoms with van der Waals surface area (Å²) in [6.45, 7) is 0. The van der Waals surface area contributed by atoms with E-state index in [1.807, 2.05) is 0 Å². The quantitative estimate of drug-likeness (QED) is 0.390. The Kier molecular flexibility index (Phi) is 5.50. The second-order valence-corrected chi connectivity index (χ2v) is 4.33. The van der Waals surface area contributed by atoms with Crippen molar-refractivity contribution in [2.75, 3.05) is 0 Å². The van der Waals surface area contributed by atoms with Crippen LogP contribution in [0.4, 0.5) is 70.2 Å². The van der Waals surface area contributed by atoms with Gasteiger partial charge in [0, 0.05) is 0 Å². The topological polar surface area (TPSA) is 0 Å². The van der Waals surface area contributed by atoms with Crippen LogP contribution < -0.4 is 0 Å². The van der Waals surface area contributed by atoms with Crippen LogP contribution in [-0.2, 0) is 0 Å². The Bertz CT molecular complexity index is 458. The molecule has 0 aromatic carbocycles. The lowest BCUT2D eigenvalue weighted by Crippen LogP contribution is -2.59. The predicted molar refractivity (Wildman–Crippen MR) is 45.7 cm³/mol. The highest BCUT2D eigenvalue weighted by Crippen LogP contribution is 2.61. The normalized spacial score (nSPS) is 16.6. The van der Waals surface area contributed by atoms with Crippen LogP contribution in [0.15, 0.2) is 12.2 Å². The van der Waals surface area contributed by atoms with Crippen LogP contribution in [0.3, 0.4) is 0 Å². The van der Waals surface area contributed by atoms with Crippen molar-refractivity contribution < 1.29 is 70.2 Å². The van der Waals surface area contributed by atoms with Gasteiger partial charge in [0.1, 0.15) is 0 Å². The minimum absolute atomic E-state index is 2.42. The maximum absolute atomic E-state index is 12.7. The van der Waals surface area contributed by atoms with Gasteiger partial charge in [-0.1, -0.05) is 0 Å². The zero-order valence-electron chi connectivity index (χ0n) is 10.7. The van der Waals surface area contributed by atoms with Crippen molar-refractivity contribution in [1.29, 1.82) is 0 Å². The fraction of sp³-hybridized carbons (Fsp3) is 0.778. The largest absolute Gasteiger partial charge is 0.460 e. The van der Waals surface area contributed by atoms with E-state index >= 15 is 0 Å². The molecule has 25 heavy (non-hydrogen) atoms. The average molecular weight is 414 g/mol. The Morgan fingerprint density at radius 2 is 0.640 bits per heavy atom. The van der Waals surface area contributed by atoms with Gasteiger partial charge in [-0.25, -0.2) is 0 Å². The van der Waals surface area contributed by atoms with Gasteiger partial charge in [-0.05, 0) is 12.2 Å². The standard InChI is InChI=1S/C9H2F16/c10-4(11,5(12,13)9(23,24)25)2-1-3(6(14,15)16,7(17,18)19)8(20,21)22/h1-2H. The highest BCUT2D eigenvalue weighted by Gasteiger charge is 2.83. The molecule has 16 heteroatoms. The Morgan fingerprint density at radius 1 is 0.360 bits per heavy atom. The molecule has 150 valence electrons. The van der Waals surface area contributed by atoms with E-state index in [1.165, 1.54) is 0 Å². The molecule has 0 nitrogen and oxygen atoms in total. The third-order valence-electron chi connectivity index (χ3n) is 2.66. The van der Waals surface area contributed by atoms with Crippen molar-refractivity contribution >= 4 is 0 Å². The summed E-state index contributed by atoms with van der Waals surface area (Å²) in [7, 11) is 0. The van der Waals surface area contributed by atoms with E-state index in [9.17, 15) is 70.2 Å². The van der Waals surface area contributed by atoms with Gasteiger partial charge in [0.25, 0.3) is 5.41 Å². The third kappa shape index (κ3) is 3.75. The molecule has 0 heterocycles. The van der Waals surface area contributed by atoms with Crippen molar-refractivity contribution in [3.8, 4) is 0 Å². The van der Waals surface area contributed by atoms with Crippen molar-refractivity contribution in [1.82, 2.24) is 0 Å². The van der Waals surface area contributed by atoms with Gasteiger partial charge in [0.15, 0.2) is 0 Å². The molecule has 0 rings (SSSR count). The zero-order chi connectivity index (χ0) is 20.9. The fourth-order valence-corrected chi connectivity index (χ4v) is 1.29. The monoisotopic (exact) mass is 414 g/mol. The molecule has 0 aliphatic carbocycles. The molecule has 0 aliphatic rings. The van der Waals surface area contributed by atoms with Crippen molar-refractivity contribution in [3.05, 3.63) is 12.2 Å². The van der Waals surface area contributed by atoms with Crippen molar-refractivity contribution in [2.45, 2.75) is 36.6 Å². The lowest BCUT2D eigenvalue weighted by atomic mass is 9.84. The highest BCUT2D eigenvalue weighted by atomic mass is 19.4. The molecule has 0 atom stereocenters. The number of hydrogen-bond acceptors (Lipinski definition) is 0. The van der Waals surface area contributed by atoms with E-state index in [0.29, 0.717) is 0 Å². The lowest BCUT2D eigenvalue weighted by molar-refractivity contribution is -0.407. The number of hydrogen-bond donors (Lipinski definition) is 0. The maximum Gasteiger partial charge on any atom is 0.460 e. The van der Waals surface area contributed by atoms with Crippen LogP contribution in [0.5, 0.6) is 0 Å². The van der Waals surface area contributed by atoms with Gasteiger partial charge in [0.05, 0.1) is 0 Å². The summed E-state index contributed by atoms with van der Waals surface area (Å²) in [4.78, 5) is 0. The minimum atomic E-state index is -7.44. The number of alkyl halides is 16. The van der Waals surface area contributed by atoms with E-state index in [0.717, 1.165) is 0 Å². The van der Waals surface area contributed by atoms with Gasteiger partial charge < -0.3 is 0 Å². The Morgan fingerprint density at radius 3 is 0.840 bits per heavy atom. The molecule has 0 spiro atoms. The SMILES string of the molecule is FC(F)(F)C(F)(F)C(F)(F)C=CC(C(F)(F)F)(C(F)(F)F)C(F)(F)F. The Labute approximate surface area is 126 Å². The Balaban J connectivity index is 6.57. The maximum atomic E-state index is 12.7. The molecular weight excluding hydrogens is 412 g/mol. The number of allylic oxidation sites excluding steroid dienone is 2. The molecule has 0 N–H and O–H groups in total. The summed E-state index contributed by atoms with van der Waals surface area (Å²) in [6, 6.07) is 0. The smallest absolute Gasteiger partial charge is 0.195 e. The van der Waals surface area contributed by atoms with E-state index in [-0.39, 0.29) is 0 Å². The first-order chi connectivity index (χ1) is 10.5. The van der Waals surface area contributed by atoms with Gasteiger partial charge in [-0.3, -0.25) is 0 Å². The molecular formula is C9H2F16. The molecule has 0 bridgehead atoms.